The van der Waals surface area contributed by atoms with E-state index in [4.69, 9.17) is 15.2 Å². The lowest BCUT2D eigenvalue weighted by Gasteiger charge is -2.27. The Kier molecular flexibility index (Phi) is 3.19. The van der Waals surface area contributed by atoms with Crippen LogP contribution in [-0.2, 0) is 9.47 Å². The normalized spacial score (nSPS) is 40.8. The second-order valence-corrected chi connectivity index (χ2v) is 4.07. The van der Waals surface area contributed by atoms with E-state index in [1.807, 2.05) is 0 Å². The van der Waals surface area contributed by atoms with Gasteiger partial charge in [-0.05, 0) is 38.5 Å². The maximum absolute atomic E-state index is 5.92. The third-order valence-corrected chi connectivity index (χ3v) is 2.97. The molecule has 0 bridgehead atoms. The van der Waals surface area contributed by atoms with Crippen LogP contribution < -0.4 is 5.73 Å². The molecule has 3 atom stereocenters. The molecule has 1 aliphatic carbocycles. The molecule has 3 nitrogen and oxygen atoms in total. The van der Waals surface area contributed by atoms with Crippen molar-refractivity contribution in [3.8, 4) is 0 Å². The summed E-state index contributed by atoms with van der Waals surface area (Å²) < 4.78 is 11.3. The van der Waals surface area contributed by atoms with Gasteiger partial charge in [0.2, 0.25) is 0 Å². The molecule has 1 heterocycles. The maximum atomic E-state index is 5.92. The molecule has 2 fully saturated rings. The second kappa shape index (κ2) is 4.40. The van der Waals surface area contributed by atoms with Crippen molar-refractivity contribution < 1.29 is 9.47 Å². The molecule has 0 amide bonds. The largest absolute Gasteiger partial charge is 0.353 e. The Hall–Kier alpha value is -0.120. The molecule has 1 aliphatic heterocycles. The van der Waals surface area contributed by atoms with Gasteiger partial charge in [-0.15, -0.1) is 0 Å². The van der Waals surface area contributed by atoms with Gasteiger partial charge >= 0.3 is 0 Å². The average molecular weight is 185 g/mol. The molecule has 1 saturated carbocycles. The molecule has 1 saturated heterocycles. The zero-order chi connectivity index (χ0) is 9.10. The summed E-state index contributed by atoms with van der Waals surface area (Å²) in [6.45, 7) is 0.854. The Morgan fingerprint density at radius 2 is 2.00 bits per heavy atom. The Balaban J connectivity index is 1.75. The van der Waals surface area contributed by atoms with E-state index < -0.39 is 0 Å². The van der Waals surface area contributed by atoms with Gasteiger partial charge in [-0.3, -0.25) is 0 Å². The lowest BCUT2D eigenvalue weighted by molar-refractivity contribution is -0.188. The van der Waals surface area contributed by atoms with E-state index in [2.05, 4.69) is 0 Å². The molecule has 0 aromatic heterocycles. The Labute approximate surface area is 79.6 Å². The summed E-state index contributed by atoms with van der Waals surface area (Å²) in [5.74, 6) is 0. The Morgan fingerprint density at radius 3 is 2.62 bits per heavy atom. The molecule has 2 N–H and O–H groups in total. The second-order valence-electron chi connectivity index (χ2n) is 4.07. The van der Waals surface area contributed by atoms with Gasteiger partial charge in [-0.1, -0.05) is 0 Å². The fraction of sp³-hybridized carbons (Fsp3) is 1.00. The summed E-state index contributed by atoms with van der Waals surface area (Å²) in [4.78, 5) is 0. The number of nitrogens with two attached hydrogens (primary N) is 1. The van der Waals surface area contributed by atoms with Gasteiger partial charge in [-0.25, -0.2) is 0 Å². The van der Waals surface area contributed by atoms with Crippen LogP contribution in [0.5, 0.6) is 0 Å². The van der Waals surface area contributed by atoms with Gasteiger partial charge in [0.25, 0.3) is 0 Å². The standard InChI is InChI=1S/C10H19NO2/c11-8-4-3-5-9(8)13-10-6-1-2-7-12-10/h8-10H,1-7,11H2/t8-,9-,10?/m0/s1. The zero-order valence-corrected chi connectivity index (χ0v) is 8.08. The highest BCUT2D eigenvalue weighted by Crippen LogP contribution is 2.24. The summed E-state index contributed by atoms with van der Waals surface area (Å²) in [5.41, 5.74) is 5.92. The quantitative estimate of drug-likeness (QED) is 0.707. The fourth-order valence-corrected chi connectivity index (χ4v) is 2.14. The first-order chi connectivity index (χ1) is 6.36. The molecule has 0 spiro atoms. The molecular formula is C10H19NO2. The molecule has 0 aromatic carbocycles. The smallest absolute Gasteiger partial charge is 0.158 e. The summed E-state index contributed by atoms with van der Waals surface area (Å²) in [5, 5.41) is 0. The van der Waals surface area contributed by atoms with E-state index >= 15 is 0 Å². The van der Waals surface area contributed by atoms with Crippen molar-refractivity contribution >= 4 is 0 Å². The van der Waals surface area contributed by atoms with Crippen molar-refractivity contribution in [2.75, 3.05) is 6.61 Å². The first-order valence-corrected chi connectivity index (χ1v) is 5.39. The van der Waals surface area contributed by atoms with Crippen LogP contribution in [0, 0.1) is 0 Å². The summed E-state index contributed by atoms with van der Waals surface area (Å²) in [6, 6.07) is 0.241. The molecule has 0 aromatic rings. The highest BCUT2D eigenvalue weighted by atomic mass is 16.7. The first kappa shape index (κ1) is 9.44. The minimum absolute atomic E-state index is 0.0305. The van der Waals surface area contributed by atoms with Crippen molar-refractivity contribution in [2.45, 2.75) is 57.0 Å². The fourth-order valence-electron chi connectivity index (χ4n) is 2.14. The first-order valence-electron chi connectivity index (χ1n) is 5.39. The molecule has 2 rings (SSSR count). The van der Waals surface area contributed by atoms with Crippen molar-refractivity contribution in [1.82, 2.24) is 0 Å². The molecular weight excluding hydrogens is 166 g/mol. The van der Waals surface area contributed by atoms with Gasteiger partial charge in [0.05, 0.1) is 6.10 Å². The third-order valence-electron chi connectivity index (χ3n) is 2.97. The molecule has 76 valence electrons. The average Bonchev–Trinajstić information content (AvgIpc) is 2.54. The van der Waals surface area contributed by atoms with Crippen LogP contribution >= 0.6 is 0 Å². The molecule has 2 aliphatic rings. The topological polar surface area (TPSA) is 44.5 Å². The number of rotatable bonds is 2. The van der Waals surface area contributed by atoms with E-state index in [-0.39, 0.29) is 18.4 Å². The van der Waals surface area contributed by atoms with Crippen LogP contribution in [0.25, 0.3) is 0 Å². The van der Waals surface area contributed by atoms with Gasteiger partial charge < -0.3 is 15.2 Å². The van der Waals surface area contributed by atoms with Gasteiger partial charge in [0.1, 0.15) is 0 Å². The van der Waals surface area contributed by atoms with Crippen LogP contribution in [0.1, 0.15) is 38.5 Å². The van der Waals surface area contributed by atoms with Crippen LogP contribution in [0.3, 0.4) is 0 Å². The maximum Gasteiger partial charge on any atom is 0.158 e. The molecule has 1 unspecified atom stereocenters. The van der Waals surface area contributed by atoms with Crippen LogP contribution in [-0.4, -0.2) is 25.0 Å². The van der Waals surface area contributed by atoms with E-state index in [0.717, 1.165) is 25.9 Å². The van der Waals surface area contributed by atoms with Crippen molar-refractivity contribution in [1.29, 1.82) is 0 Å². The van der Waals surface area contributed by atoms with Gasteiger partial charge in [-0.2, -0.15) is 0 Å². The van der Waals surface area contributed by atoms with Crippen LogP contribution in [0.2, 0.25) is 0 Å². The molecule has 3 heteroatoms. The van der Waals surface area contributed by atoms with E-state index in [9.17, 15) is 0 Å². The van der Waals surface area contributed by atoms with E-state index in [1.54, 1.807) is 0 Å². The van der Waals surface area contributed by atoms with Crippen LogP contribution in [0.15, 0.2) is 0 Å². The third kappa shape index (κ3) is 2.42. The lowest BCUT2D eigenvalue weighted by Crippen LogP contribution is -2.36. The van der Waals surface area contributed by atoms with E-state index in [0.29, 0.717) is 0 Å². The number of ether oxygens (including phenoxy) is 2. The predicted molar refractivity (Wildman–Crippen MR) is 50.3 cm³/mol. The Bertz CT molecular complexity index is 157. The number of hydrogen-bond donors (Lipinski definition) is 1. The summed E-state index contributed by atoms with van der Waals surface area (Å²) in [7, 11) is 0. The van der Waals surface area contributed by atoms with Crippen molar-refractivity contribution in [3.63, 3.8) is 0 Å². The minimum Gasteiger partial charge on any atom is -0.353 e. The molecule has 0 radical (unpaired) electrons. The highest BCUT2D eigenvalue weighted by molar-refractivity contribution is 4.81. The van der Waals surface area contributed by atoms with Crippen molar-refractivity contribution in [2.24, 2.45) is 5.73 Å². The summed E-state index contributed by atoms with van der Waals surface area (Å²) in [6.07, 6.45) is 7.16. The highest BCUT2D eigenvalue weighted by Gasteiger charge is 2.28. The minimum atomic E-state index is 0.0305. The summed E-state index contributed by atoms with van der Waals surface area (Å²) >= 11 is 0. The Morgan fingerprint density at radius 1 is 1.08 bits per heavy atom. The van der Waals surface area contributed by atoms with E-state index in [1.165, 1.54) is 19.3 Å². The van der Waals surface area contributed by atoms with Gasteiger partial charge in [0.15, 0.2) is 6.29 Å². The lowest BCUT2D eigenvalue weighted by atomic mass is 10.2. The zero-order valence-electron chi connectivity index (χ0n) is 8.08. The van der Waals surface area contributed by atoms with Crippen LogP contribution in [0.4, 0.5) is 0 Å². The number of hydrogen-bond acceptors (Lipinski definition) is 3. The SMILES string of the molecule is N[C@H]1CCC[C@@H]1OC1CCCCO1. The predicted octanol–water partition coefficient (Wildman–Crippen LogP) is 1.41. The van der Waals surface area contributed by atoms with Crippen molar-refractivity contribution in [3.05, 3.63) is 0 Å². The monoisotopic (exact) mass is 185 g/mol. The van der Waals surface area contributed by atoms with Gasteiger partial charge in [0, 0.05) is 12.6 Å². The molecule has 13 heavy (non-hydrogen) atoms.